The van der Waals surface area contributed by atoms with E-state index in [2.05, 4.69) is 80.5 Å². The lowest BCUT2D eigenvalue weighted by molar-refractivity contribution is 0.151. The van der Waals surface area contributed by atoms with Gasteiger partial charge < -0.3 is 14.6 Å². The first kappa shape index (κ1) is 26.1. The highest BCUT2D eigenvalue weighted by Crippen LogP contribution is 2.34. The topological polar surface area (TPSA) is 38.7 Å². The van der Waals surface area contributed by atoms with Crippen molar-refractivity contribution in [2.24, 2.45) is 5.41 Å². The van der Waals surface area contributed by atoms with Crippen LogP contribution in [0.4, 0.5) is 0 Å². The maximum absolute atomic E-state index is 10.2. The number of ether oxygens (including phenoxy) is 2. The highest BCUT2D eigenvalue weighted by molar-refractivity contribution is 5.42. The van der Waals surface area contributed by atoms with Gasteiger partial charge in [0.15, 0.2) is 0 Å². The lowest BCUT2D eigenvalue weighted by atomic mass is 9.77. The molecule has 0 saturated heterocycles. The molecule has 0 aliphatic rings. The minimum atomic E-state index is 0.0613. The number of benzene rings is 2. The Bertz CT molecular complexity index is 886. The number of phenols is 1. The van der Waals surface area contributed by atoms with Gasteiger partial charge in [-0.25, -0.2) is 0 Å². The summed E-state index contributed by atoms with van der Waals surface area (Å²) in [6.07, 6.45) is 3.17. The molecule has 0 aliphatic heterocycles. The van der Waals surface area contributed by atoms with Crippen LogP contribution >= 0.6 is 0 Å². The van der Waals surface area contributed by atoms with Crippen LogP contribution in [0.5, 0.6) is 17.2 Å². The van der Waals surface area contributed by atoms with Crippen molar-refractivity contribution in [2.75, 3.05) is 6.61 Å². The van der Waals surface area contributed by atoms with E-state index in [9.17, 15) is 5.11 Å². The fourth-order valence-corrected chi connectivity index (χ4v) is 3.40. The lowest BCUT2D eigenvalue weighted by Crippen LogP contribution is -2.23. The molecular formula is C29H44O3. The summed E-state index contributed by atoms with van der Waals surface area (Å²) in [4.78, 5) is 0. The summed E-state index contributed by atoms with van der Waals surface area (Å²) < 4.78 is 12.2. The smallest absolute Gasteiger partial charge is 0.127 e. The van der Waals surface area contributed by atoms with Gasteiger partial charge >= 0.3 is 0 Å². The highest BCUT2D eigenvalue weighted by Gasteiger charge is 2.23. The van der Waals surface area contributed by atoms with Gasteiger partial charge in [0.25, 0.3) is 0 Å². The van der Waals surface area contributed by atoms with Crippen molar-refractivity contribution in [2.45, 2.75) is 99.0 Å². The van der Waals surface area contributed by atoms with Crippen LogP contribution in [0.25, 0.3) is 0 Å². The predicted octanol–water partition coefficient (Wildman–Crippen LogP) is 8.16. The van der Waals surface area contributed by atoms with Crippen molar-refractivity contribution < 1.29 is 14.6 Å². The van der Waals surface area contributed by atoms with Gasteiger partial charge in [-0.3, -0.25) is 0 Å². The van der Waals surface area contributed by atoms with Crippen LogP contribution < -0.4 is 9.47 Å². The Hall–Kier alpha value is -2.16. The largest absolute Gasteiger partial charge is 0.508 e. The zero-order chi connectivity index (χ0) is 24.2. The summed E-state index contributed by atoms with van der Waals surface area (Å²) in [5.41, 5.74) is 4.09. The second-order valence-corrected chi connectivity index (χ2v) is 11.2. The minimum Gasteiger partial charge on any atom is -0.508 e. The maximum atomic E-state index is 10.2. The first-order valence-corrected chi connectivity index (χ1v) is 12.1. The molecule has 3 heteroatoms. The summed E-state index contributed by atoms with van der Waals surface area (Å²) in [6.45, 7) is 21.2. The van der Waals surface area contributed by atoms with E-state index in [1.807, 2.05) is 6.07 Å². The Balaban J connectivity index is 2.24. The van der Waals surface area contributed by atoms with Crippen LogP contribution in [0.15, 0.2) is 36.4 Å². The number of hydrogen-bond donors (Lipinski definition) is 1. The second kappa shape index (κ2) is 10.2. The molecule has 0 unspecified atom stereocenters. The van der Waals surface area contributed by atoms with Gasteiger partial charge in [-0.05, 0) is 46.8 Å². The molecule has 0 fully saturated rings. The summed E-state index contributed by atoms with van der Waals surface area (Å²) in [6, 6.07) is 12.0. The molecule has 0 heterocycles. The van der Waals surface area contributed by atoms with Crippen molar-refractivity contribution in [3.63, 3.8) is 0 Å². The van der Waals surface area contributed by atoms with Gasteiger partial charge in [0, 0.05) is 23.6 Å². The van der Waals surface area contributed by atoms with E-state index in [1.54, 1.807) is 12.1 Å². The number of phenolic OH excluding ortho intramolecular Hbond substituents is 1. The number of rotatable bonds is 10. The zero-order valence-electron chi connectivity index (χ0n) is 21.8. The molecule has 2 rings (SSSR count). The standard InChI is InChI=1S/C29H44O3/c1-10-28(7,8)23-14-21(13-22(15-23)27(4,5)6)19-31-25-16-24(30)17-26(18-25)32-20-29(9,11-2)12-3/h13-18,30H,10-12,19-20H2,1-9H3. The molecule has 1 N–H and O–H groups in total. The van der Waals surface area contributed by atoms with Crippen molar-refractivity contribution in [3.05, 3.63) is 53.1 Å². The van der Waals surface area contributed by atoms with Crippen molar-refractivity contribution in [1.82, 2.24) is 0 Å². The quantitative estimate of drug-likeness (QED) is 0.405. The van der Waals surface area contributed by atoms with E-state index < -0.39 is 0 Å². The summed E-state index contributed by atoms with van der Waals surface area (Å²) in [7, 11) is 0. The molecule has 0 saturated carbocycles. The molecule has 0 spiro atoms. The molecule has 2 aromatic rings. The van der Waals surface area contributed by atoms with Crippen molar-refractivity contribution in [1.29, 1.82) is 0 Å². The van der Waals surface area contributed by atoms with Crippen LogP contribution in [-0.2, 0) is 17.4 Å². The zero-order valence-corrected chi connectivity index (χ0v) is 21.8. The molecule has 2 aromatic carbocycles. The Morgan fingerprint density at radius 3 is 1.78 bits per heavy atom. The maximum Gasteiger partial charge on any atom is 0.127 e. The van der Waals surface area contributed by atoms with E-state index in [-0.39, 0.29) is 22.0 Å². The number of aromatic hydroxyl groups is 1. The molecule has 0 radical (unpaired) electrons. The van der Waals surface area contributed by atoms with Crippen LogP contribution in [0, 0.1) is 5.41 Å². The van der Waals surface area contributed by atoms with Gasteiger partial charge in [0.05, 0.1) is 6.61 Å². The Kier molecular flexibility index (Phi) is 8.31. The molecule has 0 bridgehead atoms. The third kappa shape index (κ3) is 6.92. The molecule has 0 aromatic heterocycles. The fourth-order valence-electron chi connectivity index (χ4n) is 3.40. The van der Waals surface area contributed by atoms with Gasteiger partial charge in [0.2, 0.25) is 0 Å². The third-order valence-corrected chi connectivity index (χ3v) is 7.09. The first-order valence-electron chi connectivity index (χ1n) is 12.1. The van der Waals surface area contributed by atoms with Crippen LogP contribution in [-0.4, -0.2) is 11.7 Å². The molecule has 178 valence electrons. The summed E-state index contributed by atoms with van der Waals surface area (Å²) in [5.74, 6) is 1.42. The van der Waals surface area contributed by atoms with Gasteiger partial charge in [-0.1, -0.05) is 80.5 Å². The van der Waals surface area contributed by atoms with E-state index in [4.69, 9.17) is 9.47 Å². The molecule has 0 atom stereocenters. The minimum absolute atomic E-state index is 0.0613. The highest BCUT2D eigenvalue weighted by atomic mass is 16.5. The monoisotopic (exact) mass is 440 g/mol. The van der Waals surface area contributed by atoms with E-state index in [0.29, 0.717) is 24.7 Å². The van der Waals surface area contributed by atoms with Gasteiger partial charge in [0.1, 0.15) is 23.9 Å². The third-order valence-electron chi connectivity index (χ3n) is 7.09. The van der Waals surface area contributed by atoms with Crippen LogP contribution in [0.2, 0.25) is 0 Å². The van der Waals surface area contributed by atoms with Gasteiger partial charge in [-0.2, -0.15) is 0 Å². The van der Waals surface area contributed by atoms with E-state index in [1.165, 1.54) is 11.1 Å². The van der Waals surface area contributed by atoms with E-state index >= 15 is 0 Å². The van der Waals surface area contributed by atoms with E-state index in [0.717, 1.165) is 24.8 Å². The summed E-state index contributed by atoms with van der Waals surface area (Å²) in [5, 5.41) is 10.2. The fraction of sp³-hybridized carbons (Fsp3) is 0.586. The Morgan fingerprint density at radius 2 is 1.25 bits per heavy atom. The van der Waals surface area contributed by atoms with Crippen molar-refractivity contribution in [3.8, 4) is 17.2 Å². The lowest BCUT2D eigenvalue weighted by Gasteiger charge is -2.28. The van der Waals surface area contributed by atoms with Crippen LogP contribution in [0.3, 0.4) is 0 Å². The molecule has 3 nitrogen and oxygen atoms in total. The number of hydrogen-bond acceptors (Lipinski definition) is 3. The molecule has 0 amide bonds. The van der Waals surface area contributed by atoms with Crippen LogP contribution in [0.1, 0.15) is 98.3 Å². The molecular weight excluding hydrogens is 396 g/mol. The van der Waals surface area contributed by atoms with Crippen molar-refractivity contribution >= 4 is 0 Å². The molecule has 32 heavy (non-hydrogen) atoms. The summed E-state index contributed by atoms with van der Waals surface area (Å²) >= 11 is 0. The normalized spacial score (nSPS) is 12.7. The predicted molar refractivity (Wildman–Crippen MR) is 135 cm³/mol. The average Bonchev–Trinajstić information content (AvgIpc) is 2.75. The second-order valence-electron chi connectivity index (χ2n) is 11.2. The Labute approximate surface area is 196 Å². The van der Waals surface area contributed by atoms with Gasteiger partial charge in [-0.15, -0.1) is 0 Å². The average molecular weight is 441 g/mol. The molecule has 0 aliphatic carbocycles. The SMILES string of the molecule is CCC(C)(CC)COc1cc(O)cc(OCc2cc(C(C)(C)C)cc(C(C)(C)CC)c2)c1. The first-order chi connectivity index (χ1) is 14.8. The Morgan fingerprint density at radius 1 is 0.688 bits per heavy atom.